The lowest BCUT2D eigenvalue weighted by Crippen LogP contribution is -2.40. The molecule has 0 aliphatic carbocycles. The molecule has 4 aromatic rings. The number of halogens is 2. The van der Waals surface area contributed by atoms with E-state index in [4.69, 9.17) is 30.2 Å². The van der Waals surface area contributed by atoms with Crippen LogP contribution in [0.15, 0.2) is 72.4 Å². The predicted octanol–water partition coefficient (Wildman–Crippen LogP) is 5.79. The number of thiazole rings is 1. The molecule has 11 nitrogen and oxygen atoms in total. The molecule has 0 saturated carbocycles. The van der Waals surface area contributed by atoms with Crippen molar-refractivity contribution in [3.05, 3.63) is 104 Å². The molecule has 0 fully saturated rings. The van der Waals surface area contributed by atoms with E-state index < -0.39 is 22.5 Å². The number of methoxy groups -OCH3 is 1. The number of aromatic nitrogens is 1. The summed E-state index contributed by atoms with van der Waals surface area (Å²) in [7, 11) is 1.51. The summed E-state index contributed by atoms with van der Waals surface area (Å²) in [6.07, 6.45) is 1.56. The van der Waals surface area contributed by atoms with E-state index in [1.54, 1.807) is 50.3 Å². The summed E-state index contributed by atoms with van der Waals surface area (Å²) >= 11 is 10.7. The van der Waals surface area contributed by atoms with Crippen LogP contribution in [0.25, 0.3) is 17.4 Å². The van der Waals surface area contributed by atoms with Gasteiger partial charge in [-0.25, -0.2) is 9.79 Å². The Bertz CT molecular complexity index is 2010. The molecule has 1 aliphatic heterocycles. The smallest absolute Gasteiger partial charge is 0.338 e. The first-order chi connectivity index (χ1) is 21.1. The number of ether oxygens (including phenoxy) is 3. The van der Waals surface area contributed by atoms with Gasteiger partial charge in [0.1, 0.15) is 16.5 Å². The summed E-state index contributed by atoms with van der Waals surface area (Å²) < 4.78 is 24.9. The minimum atomic E-state index is -0.895. The Morgan fingerprint density at radius 2 is 1.98 bits per heavy atom. The van der Waals surface area contributed by atoms with Gasteiger partial charge in [0.2, 0.25) is 0 Å². The Hall–Kier alpha value is -4.20. The Labute approximate surface area is 267 Å². The molecule has 0 amide bonds. The molecule has 0 N–H and O–H groups in total. The quantitative estimate of drug-likeness (QED) is 0.122. The van der Waals surface area contributed by atoms with Crippen molar-refractivity contribution in [2.75, 3.05) is 20.3 Å². The molecule has 3 heterocycles. The molecule has 1 aliphatic rings. The van der Waals surface area contributed by atoms with Crippen molar-refractivity contribution < 1.29 is 28.3 Å². The topological polar surface area (TPSA) is 135 Å². The Kier molecular flexibility index (Phi) is 9.09. The lowest BCUT2D eigenvalue weighted by Gasteiger charge is -2.26. The molecule has 0 spiro atoms. The van der Waals surface area contributed by atoms with Crippen LogP contribution in [0, 0.1) is 10.1 Å². The standard InChI is InChI=1S/C30H25BrClN3O8S/c1-5-41-24-14-19(31)18(13-23(24)40-4)27-26(29(37)42-6-2)15(3)33-30-34(27)28(36)25(44-30)12-17-8-10-22(43-17)16-7-9-20(32)21(11-16)35(38)39/h7-14,27H,5-6H2,1-4H3/b25-12+/t27-/m0/s1. The van der Waals surface area contributed by atoms with Gasteiger partial charge in [-0.15, -0.1) is 0 Å². The molecule has 0 bridgehead atoms. The summed E-state index contributed by atoms with van der Waals surface area (Å²) in [5.41, 5.74) is 0.979. The highest BCUT2D eigenvalue weighted by molar-refractivity contribution is 9.10. The van der Waals surface area contributed by atoms with Crippen LogP contribution in [-0.4, -0.2) is 35.8 Å². The number of carbonyl (C=O) groups is 1. The number of rotatable bonds is 9. The average Bonchev–Trinajstić information content (AvgIpc) is 3.57. The fourth-order valence-corrected chi connectivity index (χ4v) is 6.55. The molecule has 44 heavy (non-hydrogen) atoms. The van der Waals surface area contributed by atoms with E-state index in [-0.39, 0.29) is 22.9 Å². The van der Waals surface area contributed by atoms with Crippen molar-refractivity contribution in [1.29, 1.82) is 0 Å². The summed E-state index contributed by atoms with van der Waals surface area (Å²) in [5, 5.41) is 11.3. The third-order valence-corrected chi connectivity index (χ3v) is 8.71. The van der Waals surface area contributed by atoms with E-state index in [2.05, 4.69) is 20.9 Å². The van der Waals surface area contributed by atoms with E-state index >= 15 is 0 Å². The molecule has 2 aromatic heterocycles. The van der Waals surface area contributed by atoms with Crippen molar-refractivity contribution in [3.63, 3.8) is 0 Å². The summed E-state index contributed by atoms with van der Waals surface area (Å²) in [6, 6.07) is 10.2. The number of nitrogens with zero attached hydrogens (tertiary/aromatic N) is 3. The maximum atomic E-state index is 14.0. The highest BCUT2D eigenvalue weighted by atomic mass is 79.9. The predicted molar refractivity (Wildman–Crippen MR) is 168 cm³/mol. The van der Waals surface area contributed by atoms with Gasteiger partial charge < -0.3 is 18.6 Å². The van der Waals surface area contributed by atoms with Crippen molar-refractivity contribution in [3.8, 4) is 22.8 Å². The number of carbonyl (C=O) groups excluding carboxylic acids is 1. The summed E-state index contributed by atoms with van der Waals surface area (Å²) in [6.45, 7) is 5.80. The van der Waals surface area contributed by atoms with Gasteiger partial charge >= 0.3 is 5.97 Å². The Balaban J connectivity index is 1.66. The van der Waals surface area contributed by atoms with Crippen LogP contribution >= 0.6 is 38.9 Å². The van der Waals surface area contributed by atoms with Crippen molar-refractivity contribution in [2.24, 2.45) is 4.99 Å². The Morgan fingerprint density at radius 1 is 1.20 bits per heavy atom. The first kappa shape index (κ1) is 31.2. The van der Waals surface area contributed by atoms with Crippen LogP contribution in [-0.2, 0) is 9.53 Å². The molecular formula is C30H25BrClN3O8S. The molecule has 0 saturated heterocycles. The number of benzene rings is 2. The maximum Gasteiger partial charge on any atom is 0.338 e. The van der Waals surface area contributed by atoms with Gasteiger partial charge in [0.25, 0.3) is 11.2 Å². The van der Waals surface area contributed by atoms with E-state index in [0.29, 0.717) is 60.3 Å². The van der Waals surface area contributed by atoms with Crippen molar-refractivity contribution in [2.45, 2.75) is 26.8 Å². The van der Waals surface area contributed by atoms with Crippen molar-refractivity contribution in [1.82, 2.24) is 4.57 Å². The lowest BCUT2D eigenvalue weighted by atomic mass is 9.95. The number of esters is 1. The minimum absolute atomic E-state index is 0.00969. The second-order valence-electron chi connectivity index (χ2n) is 9.39. The van der Waals surface area contributed by atoms with E-state index in [0.717, 1.165) is 11.3 Å². The first-order valence-electron chi connectivity index (χ1n) is 13.3. The zero-order valence-corrected chi connectivity index (χ0v) is 27.0. The van der Waals surface area contributed by atoms with Crippen LogP contribution in [0.1, 0.15) is 38.1 Å². The SMILES string of the molecule is CCOC(=O)C1=C(C)N=c2s/c(=C/c3ccc(-c4ccc(Cl)c([N+](=O)[O-])c4)o3)c(=O)n2[C@H]1c1cc(OC)c(OCC)cc1Br. The van der Waals surface area contributed by atoms with Crippen LogP contribution in [0.3, 0.4) is 0 Å². The maximum absolute atomic E-state index is 14.0. The van der Waals surface area contributed by atoms with Gasteiger partial charge in [0.05, 0.1) is 47.1 Å². The number of furan rings is 1. The van der Waals surface area contributed by atoms with E-state index in [9.17, 15) is 19.7 Å². The molecule has 5 rings (SSSR count). The third kappa shape index (κ3) is 5.82. The van der Waals surface area contributed by atoms with Gasteiger partial charge in [0.15, 0.2) is 16.3 Å². The van der Waals surface area contributed by atoms with Crippen LogP contribution in [0.4, 0.5) is 5.69 Å². The normalized spacial score (nSPS) is 14.7. The molecule has 1 atom stereocenters. The van der Waals surface area contributed by atoms with Crippen LogP contribution in [0.2, 0.25) is 5.02 Å². The molecule has 0 unspecified atom stereocenters. The fourth-order valence-electron chi connectivity index (χ4n) is 4.79. The summed E-state index contributed by atoms with van der Waals surface area (Å²) in [5.74, 6) is 1.02. The first-order valence-corrected chi connectivity index (χ1v) is 15.3. The average molecular weight is 703 g/mol. The number of fused-ring (bicyclic) bond motifs is 1. The number of nitro benzene ring substituents is 1. The third-order valence-electron chi connectivity index (χ3n) is 6.72. The summed E-state index contributed by atoms with van der Waals surface area (Å²) in [4.78, 5) is 43.0. The number of hydrogen-bond donors (Lipinski definition) is 0. The number of nitro groups is 1. The van der Waals surface area contributed by atoms with E-state index in [1.165, 1.54) is 23.8 Å². The number of hydrogen-bond acceptors (Lipinski definition) is 10. The molecule has 2 aromatic carbocycles. The van der Waals surface area contributed by atoms with Gasteiger partial charge in [-0.2, -0.15) is 0 Å². The molecule has 0 radical (unpaired) electrons. The minimum Gasteiger partial charge on any atom is -0.493 e. The second kappa shape index (κ2) is 12.8. The zero-order chi connectivity index (χ0) is 31.7. The monoisotopic (exact) mass is 701 g/mol. The lowest BCUT2D eigenvalue weighted by molar-refractivity contribution is -0.384. The fraction of sp³-hybridized carbons (Fsp3) is 0.233. The second-order valence-corrected chi connectivity index (χ2v) is 11.7. The highest BCUT2D eigenvalue weighted by Crippen LogP contribution is 2.41. The molecule has 228 valence electrons. The number of allylic oxidation sites excluding steroid dienone is 1. The Morgan fingerprint density at radius 3 is 2.66 bits per heavy atom. The molecule has 14 heteroatoms. The largest absolute Gasteiger partial charge is 0.493 e. The van der Waals surface area contributed by atoms with Gasteiger partial charge in [-0.3, -0.25) is 19.5 Å². The van der Waals surface area contributed by atoms with Crippen LogP contribution in [0.5, 0.6) is 11.5 Å². The van der Waals surface area contributed by atoms with Crippen LogP contribution < -0.4 is 24.4 Å². The van der Waals surface area contributed by atoms with Crippen molar-refractivity contribution >= 4 is 56.6 Å². The molecular weight excluding hydrogens is 678 g/mol. The highest BCUT2D eigenvalue weighted by Gasteiger charge is 2.35. The zero-order valence-electron chi connectivity index (χ0n) is 23.9. The van der Waals surface area contributed by atoms with Gasteiger partial charge in [-0.05, 0) is 62.7 Å². The van der Waals surface area contributed by atoms with Gasteiger partial charge in [0, 0.05) is 22.2 Å². The van der Waals surface area contributed by atoms with Gasteiger partial charge in [-0.1, -0.05) is 38.9 Å². The van der Waals surface area contributed by atoms with E-state index in [1.807, 2.05) is 6.92 Å².